The van der Waals surface area contributed by atoms with Crippen molar-refractivity contribution in [1.29, 1.82) is 0 Å². The van der Waals surface area contributed by atoms with E-state index in [9.17, 15) is 4.79 Å². The summed E-state index contributed by atoms with van der Waals surface area (Å²) in [6.45, 7) is 15.3. The quantitative estimate of drug-likeness (QED) is 0.211. The summed E-state index contributed by atoms with van der Waals surface area (Å²) < 4.78 is 0. The van der Waals surface area contributed by atoms with Crippen LogP contribution in [0, 0.1) is 10.8 Å². The van der Waals surface area contributed by atoms with Crippen LogP contribution in [0.4, 0.5) is 0 Å². The van der Waals surface area contributed by atoms with E-state index in [4.69, 9.17) is 28.9 Å². The van der Waals surface area contributed by atoms with E-state index < -0.39 is 0 Å². The first-order chi connectivity index (χ1) is 19.6. The van der Waals surface area contributed by atoms with Gasteiger partial charge in [0, 0.05) is 28.7 Å². The second kappa shape index (κ2) is 18.6. The SMILES string of the molecule is C=C(C)CC1(CN)CCCCC1.C=C(C)CC1(CNCc2ccc(Cl)cc2)CCCCC1.O=Cc1ccc(Cl)cc1. The Morgan fingerprint density at radius 2 is 1.22 bits per heavy atom. The largest absolute Gasteiger partial charge is 0.330 e. The van der Waals surface area contributed by atoms with Crippen molar-refractivity contribution in [3.05, 3.63) is 94.0 Å². The second-order valence-corrected chi connectivity index (χ2v) is 13.4. The summed E-state index contributed by atoms with van der Waals surface area (Å²) in [5.41, 5.74) is 11.3. The molecule has 0 aliphatic heterocycles. The fraction of sp³-hybridized carbons (Fsp3) is 0.528. The molecule has 226 valence electrons. The molecule has 4 rings (SSSR count). The van der Waals surface area contributed by atoms with Crippen LogP contribution in [0.3, 0.4) is 0 Å². The van der Waals surface area contributed by atoms with Crippen LogP contribution >= 0.6 is 23.2 Å². The zero-order valence-corrected chi connectivity index (χ0v) is 27.0. The molecule has 2 fully saturated rings. The summed E-state index contributed by atoms with van der Waals surface area (Å²) in [6.07, 6.45) is 16.7. The van der Waals surface area contributed by atoms with Crippen molar-refractivity contribution in [2.75, 3.05) is 13.1 Å². The van der Waals surface area contributed by atoms with E-state index in [0.717, 1.165) is 37.4 Å². The van der Waals surface area contributed by atoms with E-state index in [-0.39, 0.29) is 0 Å². The van der Waals surface area contributed by atoms with Crippen LogP contribution in [0.5, 0.6) is 0 Å². The Labute approximate surface area is 260 Å². The van der Waals surface area contributed by atoms with Gasteiger partial charge in [0.1, 0.15) is 6.29 Å². The first-order valence-electron chi connectivity index (χ1n) is 15.3. The number of aldehydes is 1. The average molecular weight is 600 g/mol. The van der Waals surface area contributed by atoms with E-state index in [0.29, 0.717) is 21.4 Å². The van der Waals surface area contributed by atoms with Gasteiger partial charge in [0.15, 0.2) is 0 Å². The molecule has 41 heavy (non-hydrogen) atoms. The van der Waals surface area contributed by atoms with Crippen molar-refractivity contribution in [3.8, 4) is 0 Å². The Morgan fingerprint density at radius 1 is 0.780 bits per heavy atom. The van der Waals surface area contributed by atoms with Crippen LogP contribution in [0.2, 0.25) is 10.0 Å². The minimum Gasteiger partial charge on any atom is -0.330 e. The minimum atomic E-state index is 0.421. The fourth-order valence-corrected chi connectivity index (χ4v) is 6.62. The Hall–Kier alpha value is -1.91. The molecule has 2 aliphatic carbocycles. The fourth-order valence-electron chi connectivity index (χ4n) is 6.37. The first-order valence-corrected chi connectivity index (χ1v) is 16.0. The monoisotopic (exact) mass is 598 g/mol. The molecule has 2 aromatic rings. The summed E-state index contributed by atoms with van der Waals surface area (Å²) in [4.78, 5) is 10.1. The van der Waals surface area contributed by atoms with Gasteiger partial charge in [0.05, 0.1) is 0 Å². The van der Waals surface area contributed by atoms with Crippen LogP contribution in [0.25, 0.3) is 0 Å². The number of rotatable bonds is 10. The predicted molar refractivity (Wildman–Crippen MR) is 179 cm³/mol. The van der Waals surface area contributed by atoms with Gasteiger partial charge in [-0.25, -0.2) is 0 Å². The summed E-state index contributed by atoms with van der Waals surface area (Å²) in [6, 6.07) is 14.8. The molecule has 0 radical (unpaired) electrons. The summed E-state index contributed by atoms with van der Waals surface area (Å²) >= 11 is 11.5. The molecule has 2 aliphatic rings. The minimum absolute atomic E-state index is 0.421. The summed E-state index contributed by atoms with van der Waals surface area (Å²) in [7, 11) is 0. The second-order valence-electron chi connectivity index (χ2n) is 12.5. The number of carbonyl (C=O) groups excluding carboxylic acids is 1. The zero-order valence-electron chi connectivity index (χ0n) is 25.5. The third-order valence-electron chi connectivity index (χ3n) is 8.36. The van der Waals surface area contributed by atoms with Crippen molar-refractivity contribution in [3.63, 3.8) is 0 Å². The topological polar surface area (TPSA) is 55.1 Å². The average Bonchev–Trinajstić information content (AvgIpc) is 2.95. The van der Waals surface area contributed by atoms with Crippen LogP contribution in [0.15, 0.2) is 72.8 Å². The number of hydrogen-bond donors (Lipinski definition) is 2. The van der Waals surface area contributed by atoms with Gasteiger partial charge >= 0.3 is 0 Å². The van der Waals surface area contributed by atoms with Crippen LogP contribution in [-0.2, 0) is 6.54 Å². The van der Waals surface area contributed by atoms with Gasteiger partial charge in [-0.05, 0) is 99.6 Å². The lowest BCUT2D eigenvalue weighted by Gasteiger charge is -2.38. The maximum absolute atomic E-state index is 10.1. The van der Waals surface area contributed by atoms with Gasteiger partial charge in [-0.3, -0.25) is 4.79 Å². The molecule has 0 amide bonds. The smallest absolute Gasteiger partial charge is 0.150 e. The molecule has 0 unspecified atom stereocenters. The van der Waals surface area contributed by atoms with Crippen molar-refractivity contribution in [2.45, 2.75) is 97.4 Å². The van der Waals surface area contributed by atoms with Gasteiger partial charge in [-0.15, -0.1) is 13.2 Å². The maximum atomic E-state index is 10.1. The van der Waals surface area contributed by atoms with E-state index in [1.54, 1.807) is 24.3 Å². The van der Waals surface area contributed by atoms with E-state index in [2.05, 4.69) is 44.5 Å². The molecule has 0 spiro atoms. The molecule has 5 heteroatoms. The number of carbonyl (C=O) groups is 1. The Morgan fingerprint density at radius 3 is 1.66 bits per heavy atom. The molecule has 2 saturated carbocycles. The molecule has 2 aromatic carbocycles. The van der Waals surface area contributed by atoms with Gasteiger partial charge < -0.3 is 11.1 Å². The van der Waals surface area contributed by atoms with Crippen molar-refractivity contribution >= 4 is 29.5 Å². The first kappa shape index (κ1) is 35.3. The highest BCUT2D eigenvalue weighted by atomic mass is 35.5. The van der Waals surface area contributed by atoms with Crippen LogP contribution in [0.1, 0.15) is 107 Å². The highest BCUT2D eigenvalue weighted by molar-refractivity contribution is 6.30. The predicted octanol–water partition coefficient (Wildman–Crippen LogP) is 10.4. The maximum Gasteiger partial charge on any atom is 0.150 e. The molecular weight excluding hydrogens is 547 g/mol. The van der Waals surface area contributed by atoms with E-state index in [1.165, 1.54) is 87.3 Å². The number of benzene rings is 2. The van der Waals surface area contributed by atoms with Gasteiger partial charge in [0.2, 0.25) is 0 Å². The molecule has 0 bridgehead atoms. The Kier molecular flexibility index (Phi) is 16.0. The van der Waals surface area contributed by atoms with Crippen molar-refractivity contribution in [2.24, 2.45) is 16.6 Å². The standard InChI is InChI=1S/C18H26ClN.C11H21N.C7H5ClO/c1-15(2)12-18(10-4-3-5-11-18)14-20-13-16-6-8-17(19)9-7-16;1-10(2)8-11(9-12)6-4-3-5-7-11;8-7-3-1-6(5-9)2-4-7/h6-9,20H,1,3-5,10-14H2,2H3;1,3-9,12H2,2H3;1-5H. The molecule has 0 atom stereocenters. The Bertz CT molecular complexity index is 1050. The van der Waals surface area contributed by atoms with Crippen LogP contribution in [-0.4, -0.2) is 19.4 Å². The lowest BCUT2D eigenvalue weighted by atomic mass is 9.70. The van der Waals surface area contributed by atoms with Crippen LogP contribution < -0.4 is 11.1 Å². The molecule has 0 heterocycles. The van der Waals surface area contributed by atoms with Gasteiger partial charge in [0.25, 0.3) is 0 Å². The van der Waals surface area contributed by atoms with E-state index >= 15 is 0 Å². The molecule has 3 nitrogen and oxygen atoms in total. The third kappa shape index (κ3) is 13.7. The van der Waals surface area contributed by atoms with Gasteiger partial charge in [-0.1, -0.05) is 97.1 Å². The normalized spacial score (nSPS) is 17.2. The van der Waals surface area contributed by atoms with Crippen molar-refractivity contribution < 1.29 is 4.79 Å². The van der Waals surface area contributed by atoms with E-state index in [1.807, 2.05) is 12.1 Å². The molecule has 0 saturated heterocycles. The lowest BCUT2D eigenvalue weighted by Crippen LogP contribution is -2.36. The number of halogens is 2. The highest BCUT2D eigenvalue weighted by Crippen LogP contribution is 2.41. The van der Waals surface area contributed by atoms with Gasteiger partial charge in [-0.2, -0.15) is 0 Å². The zero-order chi connectivity index (χ0) is 30.1. The number of nitrogens with two attached hydrogens (primary N) is 1. The highest BCUT2D eigenvalue weighted by Gasteiger charge is 2.31. The number of hydrogen-bond acceptors (Lipinski definition) is 3. The molecular formula is C36H52Cl2N2O. The third-order valence-corrected chi connectivity index (χ3v) is 8.87. The Balaban J connectivity index is 0.000000237. The summed E-state index contributed by atoms with van der Waals surface area (Å²) in [5, 5.41) is 5.11. The number of nitrogens with one attached hydrogen (secondary N) is 1. The number of allylic oxidation sites excluding steroid dienone is 2. The lowest BCUT2D eigenvalue weighted by molar-refractivity contribution is 0.112. The molecule has 3 N–H and O–H groups in total. The van der Waals surface area contributed by atoms with Crippen molar-refractivity contribution in [1.82, 2.24) is 5.32 Å². The summed E-state index contributed by atoms with van der Waals surface area (Å²) in [5.74, 6) is 0. The molecule has 0 aromatic heterocycles.